The molecule has 2 rings (SSSR count). The lowest BCUT2D eigenvalue weighted by atomic mass is 9.62. The van der Waals surface area contributed by atoms with Crippen molar-refractivity contribution in [1.29, 1.82) is 0 Å². The molecule has 0 aromatic rings. The van der Waals surface area contributed by atoms with E-state index in [1.165, 1.54) is 0 Å². The number of halogens is 1. The smallest absolute Gasteiger partial charge is 0.306 e. The molecule has 3 N–H and O–H groups in total. The Bertz CT molecular complexity index is 235. The summed E-state index contributed by atoms with van der Waals surface area (Å²) in [6, 6.07) is 0. The fourth-order valence-corrected chi connectivity index (χ4v) is 2.66. The Kier molecular flexibility index (Phi) is 3.98. The summed E-state index contributed by atoms with van der Waals surface area (Å²) >= 11 is 0. The van der Waals surface area contributed by atoms with Gasteiger partial charge in [-0.05, 0) is 44.7 Å². The largest absolute Gasteiger partial charge is 0.481 e. The average Bonchev–Trinajstić information content (AvgIpc) is 2.14. The monoisotopic (exact) mass is 235 g/mol. The van der Waals surface area contributed by atoms with E-state index in [-0.39, 0.29) is 18.3 Å². The number of piperidine rings is 1. The van der Waals surface area contributed by atoms with Gasteiger partial charge in [0.25, 0.3) is 0 Å². The van der Waals surface area contributed by atoms with Crippen molar-refractivity contribution in [3.05, 3.63) is 0 Å². The maximum Gasteiger partial charge on any atom is 0.306 e. The Balaban J connectivity index is 0.00000112. The third kappa shape index (κ3) is 2.44. The summed E-state index contributed by atoms with van der Waals surface area (Å²) in [6.07, 6.45) is 2.85. The zero-order valence-electron chi connectivity index (χ0n) is 8.61. The van der Waals surface area contributed by atoms with Gasteiger partial charge in [0.1, 0.15) is 0 Å². The van der Waals surface area contributed by atoms with E-state index in [1.54, 1.807) is 0 Å². The van der Waals surface area contributed by atoms with Gasteiger partial charge in [0, 0.05) is 0 Å². The van der Waals surface area contributed by atoms with Crippen molar-refractivity contribution in [3.63, 3.8) is 0 Å². The molecular formula is C10H18ClNO3. The second-order valence-corrected chi connectivity index (χ2v) is 4.57. The van der Waals surface area contributed by atoms with E-state index >= 15 is 0 Å². The average molecular weight is 236 g/mol. The van der Waals surface area contributed by atoms with Crippen LogP contribution in [0.1, 0.15) is 25.7 Å². The van der Waals surface area contributed by atoms with Gasteiger partial charge in [-0.1, -0.05) is 0 Å². The van der Waals surface area contributed by atoms with Crippen LogP contribution >= 0.6 is 12.4 Å². The van der Waals surface area contributed by atoms with Gasteiger partial charge in [-0.25, -0.2) is 0 Å². The van der Waals surface area contributed by atoms with Gasteiger partial charge in [-0.2, -0.15) is 0 Å². The molecule has 0 amide bonds. The lowest BCUT2D eigenvalue weighted by Gasteiger charge is -2.48. The van der Waals surface area contributed by atoms with Crippen LogP contribution in [0.5, 0.6) is 0 Å². The van der Waals surface area contributed by atoms with Crippen LogP contribution in [0.15, 0.2) is 0 Å². The first-order valence-corrected chi connectivity index (χ1v) is 5.28. The molecule has 0 aromatic carbocycles. The second kappa shape index (κ2) is 4.68. The lowest BCUT2D eigenvalue weighted by molar-refractivity contribution is -0.168. The highest BCUT2D eigenvalue weighted by molar-refractivity contribution is 5.85. The predicted molar refractivity (Wildman–Crippen MR) is 58.2 cm³/mol. The van der Waals surface area contributed by atoms with E-state index in [2.05, 4.69) is 5.32 Å². The van der Waals surface area contributed by atoms with Crippen LogP contribution in [-0.4, -0.2) is 34.9 Å². The van der Waals surface area contributed by atoms with E-state index in [9.17, 15) is 9.90 Å². The van der Waals surface area contributed by atoms with Crippen molar-refractivity contribution in [2.75, 3.05) is 13.1 Å². The molecule has 0 atom stereocenters. The number of carboxylic acid groups (broad SMARTS) is 1. The Labute approximate surface area is 95.5 Å². The molecule has 15 heavy (non-hydrogen) atoms. The fourth-order valence-electron chi connectivity index (χ4n) is 2.66. The van der Waals surface area contributed by atoms with Crippen molar-refractivity contribution in [2.45, 2.75) is 31.3 Å². The highest BCUT2D eigenvalue weighted by atomic mass is 35.5. The molecule has 1 saturated carbocycles. The third-order valence-corrected chi connectivity index (χ3v) is 3.65. The number of carbonyl (C=O) groups is 1. The molecule has 1 aliphatic heterocycles. The summed E-state index contributed by atoms with van der Waals surface area (Å²) in [5, 5.41) is 22.1. The van der Waals surface area contributed by atoms with Crippen LogP contribution in [0.25, 0.3) is 0 Å². The molecule has 0 aromatic heterocycles. The molecular weight excluding hydrogens is 218 g/mol. The van der Waals surface area contributed by atoms with Crippen molar-refractivity contribution < 1.29 is 15.0 Å². The van der Waals surface area contributed by atoms with Gasteiger partial charge in [-0.15, -0.1) is 12.4 Å². The molecule has 0 radical (unpaired) electrons. The minimum Gasteiger partial charge on any atom is -0.481 e. The zero-order valence-corrected chi connectivity index (χ0v) is 9.42. The van der Waals surface area contributed by atoms with Gasteiger partial charge in [-0.3, -0.25) is 4.79 Å². The number of hydrogen-bond acceptors (Lipinski definition) is 3. The van der Waals surface area contributed by atoms with Crippen molar-refractivity contribution in [3.8, 4) is 0 Å². The summed E-state index contributed by atoms with van der Waals surface area (Å²) in [5.41, 5.74) is -0.675. The van der Waals surface area contributed by atoms with Crippen molar-refractivity contribution in [1.82, 2.24) is 5.32 Å². The maximum absolute atomic E-state index is 10.6. The summed E-state index contributed by atoms with van der Waals surface area (Å²) in [6.45, 7) is 1.90. The minimum atomic E-state index is -0.761. The minimum absolute atomic E-state index is 0. The SMILES string of the molecule is Cl.O=C(O)C1CC(O)(C2CCNCC2)C1. The van der Waals surface area contributed by atoms with Crippen LogP contribution in [-0.2, 0) is 4.79 Å². The number of nitrogens with one attached hydrogen (secondary N) is 1. The van der Waals surface area contributed by atoms with Crippen LogP contribution < -0.4 is 5.32 Å². The van der Waals surface area contributed by atoms with Gasteiger partial charge < -0.3 is 15.5 Å². The molecule has 0 unspecified atom stereocenters. The number of aliphatic carboxylic acids is 1. The van der Waals surface area contributed by atoms with E-state index in [0.717, 1.165) is 25.9 Å². The maximum atomic E-state index is 10.6. The molecule has 2 fully saturated rings. The van der Waals surface area contributed by atoms with Crippen molar-refractivity contribution >= 4 is 18.4 Å². The summed E-state index contributed by atoms with van der Waals surface area (Å²) in [7, 11) is 0. The first kappa shape index (κ1) is 12.7. The molecule has 0 spiro atoms. The van der Waals surface area contributed by atoms with E-state index in [0.29, 0.717) is 18.8 Å². The summed E-state index contributed by atoms with van der Waals surface area (Å²) in [4.78, 5) is 10.6. The molecule has 88 valence electrons. The predicted octanol–water partition coefficient (Wildman–Crippen LogP) is 0.633. The van der Waals surface area contributed by atoms with Gasteiger partial charge in [0.05, 0.1) is 11.5 Å². The quantitative estimate of drug-likeness (QED) is 0.657. The number of carboxylic acids is 1. The van der Waals surface area contributed by atoms with Gasteiger partial charge in [0.15, 0.2) is 0 Å². The highest BCUT2D eigenvalue weighted by Gasteiger charge is 2.50. The van der Waals surface area contributed by atoms with Crippen molar-refractivity contribution in [2.24, 2.45) is 11.8 Å². The first-order valence-electron chi connectivity index (χ1n) is 5.28. The lowest BCUT2D eigenvalue weighted by Crippen LogP contribution is -2.54. The Morgan fingerprint density at radius 2 is 1.80 bits per heavy atom. The molecule has 2 aliphatic rings. The normalized spacial score (nSPS) is 36.5. The number of aliphatic hydroxyl groups is 1. The summed E-state index contributed by atoms with van der Waals surface area (Å²) in [5.74, 6) is -0.766. The first-order chi connectivity index (χ1) is 6.62. The second-order valence-electron chi connectivity index (χ2n) is 4.57. The molecule has 1 saturated heterocycles. The van der Waals surface area contributed by atoms with Gasteiger partial charge in [0.2, 0.25) is 0 Å². The van der Waals surface area contributed by atoms with Gasteiger partial charge >= 0.3 is 5.97 Å². The molecule has 0 bridgehead atoms. The van der Waals surface area contributed by atoms with E-state index in [4.69, 9.17) is 5.11 Å². The molecule has 1 heterocycles. The summed E-state index contributed by atoms with van der Waals surface area (Å²) < 4.78 is 0. The van der Waals surface area contributed by atoms with E-state index < -0.39 is 11.6 Å². The molecule has 5 heteroatoms. The number of hydrogen-bond donors (Lipinski definition) is 3. The third-order valence-electron chi connectivity index (χ3n) is 3.65. The zero-order chi connectivity index (χ0) is 10.2. The topological polar surface area (TPSA) is 69.6 Å². The highest BCUT2D eigenvalue weighted by Crippen LogP contribution is 2.45. The number of rotatable bonds is 2. The molecule has 1 aliphatic carbocycles. The Morgan fingerprint density at radius 1 is 1.27 bits per heavy atom. The van der Waals surface area contributed by atoms with E-state index in [1.807, 2.05) is 0 Å². The standard InChI is InChI=1S/C10H17NO3.ClH/c12-9(13)7-5-10(14,6-7)8-1-3-11-4-2-8;/h7-8,11,14H,1-6H2,(H,12,13);1H. The van der Waals surface area contributed by atoms with Crippen LogP contribution in [0.3, 0.4) is 0 Å². The Morgan fingerprint density at radius 3 is 2.27 bits per heavy atom. The van der Waals surface area contributed by atoms with Crippen LogP contribution in [0.4, 0.5) is 0 Å². The molecule has 4 nitrogen and oxygen atoms in total. The van der Waals surface area contributed by atoms with Crippen LogP contribution in [0, 0.1) is 11.8 Å². The van der Waals surface area contributed by atoms with Crippen LogP contribution in [0.2, 0.25) is 0 Å². The Hall–Kier alpha value is -0.320. The fraction of sp³-hybridized carbons (Fsp3) is 0.900.